The topological polar surface area (TPSA) is 12.0 Å². The van der Waals surface area contributed by atoms with Gasteiger partial charge in [0, 0.05) is 5.54 Å². The molecule has 2 fully saturated rings. The minimum absolute atomic E-state index is 0.586. The van der Waals surface area contributed by atoms with Crippen LogP contribution >= 0.6 is 0 Å². The summed E-state index contributed by atoms with van der Waals surface area (Å²) in [7, 11) is 0. The molecule has 1 saturated carbocycles. The Morgan fingerprint density at radius 3 is 2.50 bits per heavy atom. The van der Waals surface area contributed by atoms with Crippen molar-refractivity contribution in [3.8, 4) is 0 Å². The highest BCUT2D eigenvalue weighted by atomic mass is 15.0. The van der Waals surface area contributed by atoms with E-state index >= 15 is 0 Å². The maximum absolute atomic E-state index is 3.72. The van der Waals surface area contributed by atoms with E-state index in [-0.39, 0.29) is 0 Å². The fourth-order valence-corrected chi connectivity index (χ4v) is 2.86. The monoisotopic (exact) mass is 167 g/mol. The molecule has 2 rings (SSSR count). The van der Waals surface area contributed by atoms with E-state index in [9.17, 15) is 0 Å². The molecule has 0 aromatic carbocycles. The molecular formula is C11H21N. The van der Waals surface area contributed by atoms with E-state index in [0.29, 0.717) is 11.0 Å². The SMILES string of the molecule is CCC1(C)CCNC2(CCC2)C1. The number of rotatable bonds is 1. The summed E-state index contributed by atoms with van der Waals surface area (Å²) in [6.45, 7) is 6.07. The quantitative estimate of drug-likeness (QED) is 0.633. The molecule has 1 unspecified atom stereocenters. The van der Waals surface area contributed by atoms with Gasteiger partial charge in [0.2, 0.25) is 0 Å². The lowest BCUT2D eigenvalue weighted by atomic mass is 9.62. The van der Waals surface area contributed by atoms with Crippen molar-refractivity contribution in [2.45, 2.75) is 57.9 Å². The number of hydrogen-bond acceptors (Lipinski definition) is 1. The van der Waals surface area contributed by atoms with Gasteiger partial charge in [0.05, 0.1) is 0 Å². The van der Waals surface area contributed by atoms with Crippen molar-refractivity contribution in [2.24, 2.45) is 5.41 Å². The van der Waals surface area contributed by atoms with Crippen molar-refractivity contribution in [1.29, 1.82) is 0 Å². The van der Waals surface area contributed by atoms with Crippen LogP contribution in [0.25, 0.3) is 0 Å². The first kappa shape index (κ1) is 8.55. The van der Waals surface area contributed by atoms with Gasteiger partial charge in [-0.3, -0.25) is 0 Å². The molecule has 1 aliphatic carbocycles. The highest BCUT2D eigenvalue weighted by Gasteiger charge is 2.44. The van der Waals surface area contributed by atoms with Crippen LogP contribution in [0.15, 0.2) is 0 Å². The molecule has 70 valence electrons. The molecule has 1 spiro atoms. The van der Waals surface area contributed by atoms with Crippen LogP contribution in [0.3, 0.4) is 0 Å². The fraction of sp³-hybridized carbons (Fsp3) is 1.00. The molecule has 1 aliphatic heterocycles. The maximum Gasteiger partial charge on any atom is 0.0186 e. The van der Waals surface area contributed by atoms with Crippen molar-refractivity contribution in [2.75, 3.05) is 6.54 Å². The van der Waals surface area contributed by atoms with Crippen LogP contribution in [0.5, 0.6) is 0 Å². The minimum atomic E-state index is 0.586. The summed E-state index contributed by atoms with van der Waals surface area (Å²) >= 11 is 0. The molecule has 0 radical (unpaired) electrons. The van der Waals surface area contributed by atoms with E-state index in [1.165, 1.54) is 45.1 Å². The third-order valence-electron chi connectivity index (χ3n) is 4.16. The summed E-state index contributed by atoms with van der Waals surface area (Å²) in [5.74, 6) is 0. The predicted octanol–water partition coefficient (Wildman–Crippen LogP) is 2.71. The van der Waals surface area contributed by atoms with E-state index in [2.05, 4.69) is 19.2 Å². The average Bonchev–Trinajstić information content (AvgIpc) is 2.02. The van der Waals surface area contributed by atoms with Crippen LogP contribution in [0.2, 0.25) is 0 Å². The van der Waals surface area contributed by atoms with Crippen LogP contribution in [0.4, 0.5) is 0 Å². The largest absolute Gasteiger partial charge is 0.311 e. The van der Waals surface area contributed by atoms with Gasteiger partial charge in [-0.05, 0) is 44.1 Å². The second-order valence-corrected chi connectivity index (χ2v) is 5.15. The van der Waals surface area contributed by atoms with E-state index in [1.807, 2.05) is 0 Å². The first-order chi connectivity index (χ1) is 5.68. The smallest absolute Gasteiger partial charge is 0.0186 e. The normalized spacial score (nSPS) is 39.5. The Morgan fingerprint density at radius 2 is 2.00 bits per heavy atom. The zero-order valence-corrected chi connectivity index (χ0v) is 8.45. The Bertz CT molecular complexity index is 162. The standard InChI is InChI=1S/C11H21N/c1-3-10(2)7-8-12-11(9-10)5-4-6-11/h12H,3-9H2,1-2H3. The Balaban J connectivity index is 2.03. The molecule has 1 saturated heterocycles. The number of hydrogen-bond donors (Lipinski definition) is 1. The van der Waals surface area contributed by atoms with Gasteiger partial charge in [0.25, 0.3) is 0 Å². The summed E-state index contributed by atoms with van der Waals surface area (Å²) in [5.41, 5.74) is 1.23. The molecule has 12 heavy (non-hydrogen) atoms. The fourth-order valence-electron chi connectivity index (χ4n) is 2.86. The molecule has 1 nitrogen and oxygen atoms in total. The van der Waals surface area contributed by atoms with Gasteiger partial charge in [-0.2, -0.15) is 0 Å². The van der Waals surface area contributed by atoms with Gasteiger partial charge < -0.3 is 5.32 Å². The Kier molecular flexibility index (Phi) is 1.95. The van der Waals surface area contributed by atoms with E-state index in [0.717, 1.165) is 0 Å². The number of nitrogens with one attached hydrogen (secondary N) is 1. The lowest BCUT2D eigenvalue weighted by molar-refractivity contribution is 0.0529. The van der Waals surface area contributed by atoms with Crippen molar-refractivity contribution >= 4 is 0 Å². The molecule has 2 aliphatic rings. The van der Waals surface area contributed by atoms with Crippen LogP contribution in [0.1, 0.15) is 52.4 Å². The lowest BCUT2D eigenvalue weighted by Crippen LogP contribution is -2.57. The first-order valence-corrected chi connectivity index (χ1v) is 5.43. The molecule has 1 atom stereocenters. The van der Waals surface area contributed by atoms with Gasteiger partial charge in [0.1, 0.15) is 0 Å². The van der Waals surface area contributed by atoms with Crippen molar-refractivity contribution < 1.29 is 0 Å². The summed E-state index contributed by atoms with van der Waals surface area (Å²) in [5, 5.41) is 3.72. The molecule has 0 bridgehead atoms. The van der Waals surface area contributed by atoms with Gasteiger partial charge in [-0.1, -0.05) is 20.3 Å². The zero-order valence-electron chi connectivity index (χ0n) is 8.45. The van der Waals surface area contributed by atoms with Crippen molar-refractivity contribution in [3.63, 3.8) is 0 Å². The van der Waals surface area contributed by atoms with Gasteiger partial charge in [-0.25, -0.2) is 0 Å². The molecule has 0 amide bonds. The highest BCUT2D eigenvalue weighted by molar-refractivity contribution is 5.02. The second kappa shape index (κ2) is 2.73. The number of piperidine rings is 1. The van der Waals surface area contributed by atoms with E-state index in [1.54, 1.807) is 0 Å². The Labute approximate surface area is 75.9 Å². The summed E-state index contributed by atoms with van der Waals surface area (Å²) in [6.07, 6.45) is 8.48. The molecular weight excluding hydrogens is 146 g/mol. The molecule has 1 heteroatoms. The summed E-state index contributed by atoms with van der Waals surface area (Å²) in [6, 6.07) is 0. The second-order valence-electron chi connectivity index (χ2n) is 5.15. The van der Waals surface area contributed by atoms with Crippen LogP contribution < -0.4 is 5.32 Å². The predicted molar refractivity (Wildman–Crippen MR) is 52.2 cm³/mol. The molecule has 0 aromatic rings. The summed E-state index contributed by atoms with van der Waals surface area (Å²) < 4.78 is 0. The highest BCUT2D eigenvalue weighted by Crippen LogP contribution is 2.46. The van der Waals surface area contributed by atoms with Crippen LogP contribution in [0, 0.1) is 5.41 Å². The van der Waals surface area contributed by atoms with E-state index in [4.69, 9.17) is 0 Å². The minimum Gasteiger partial charge on any atom is -0.311 e. The molecule has 1 N–H and O–H groups in total. The molecule has 0 aromatic heterocycles. The molecule has 1 heterocycles. The van der Waals surface area contributed by atoms with Crippen LogP contribution in [-0.2, 0) is 0 Å². The lowest BCUT2D eigenvalue weighted by Gasteiger charge is -2.52. The third-order valence-corrected chi connectivity index (χ3v) is 4.16. The average molecular weight is 167 g/mol. The van der Waals surface area contributed by atoms with Crippen molar-refractivity contribution in [1.82, 2.24) is 5.32 Å². The summed E-state index contributed by atoms with van der Waals surface area (Å²) in [4.78, 5) is 0. The first-order valence-electron chi connectivity index (χ1n) is 5.43. The van der Waals surface area contributed by atoms with Gasteiger partial charge in [-0.15, -0.1) is 0 Å². The van der Waals surface area contributed by atoms with E-state index < -0.39 is 0 Å². The maximum atomic E-state index is 3.72. The van der Waals surface area contributed by atoms with Gasteiger partial charge in [0.15, 0.2) is 0 Å². The van der Waals surface area contributed by atoms with Gasteiger partial charge >= 0.3 is 0 Å². The third kappa shape index (κ3) is 1.28. The Morgan fingerprint density at radius 1 is 1.25 bits per heavy atom. The Hall–Kier alpha value is -0.0400. The van der Waals surface area contributed by atoms with Crippen molar-refractivity contribution in [3.05, 3.63) is 0 Å². The zero-order chi connectivity index (χ0) is 8.66. The van der Waals surface area contributed by atoms with Crippen LogP contribution in [-0.4, -0.2) is 12.1 Å².